The zero-order valence-electron chi connectivity index (χ0n) is 11.5. The van der Waals surface area contributed by atoms with Gasteiger partial charge in [0.1, 0.15) is 0 Å². The summed E-state index contributed by atoms with van der Waals surface area (Å²) in [4.78, 5) is 36.4. The lowest BCUT2D eigenvalue weighted by Gasteiger charge is -2.17. The van der Waals surface area contributed by atoms with Gasteiger partial charge in [0.05, 0.1) is 23.1 Å². The highest BCUT2D eigenvalue weighted by molar-refractivity contribution is 6.33. The molecule has 1 aliphatic heterocycles. The predicted octanol–water partition coefficient (Wildman–Crippen LogP) is 1.35. The summed E-state index contributed by atoms with van der Waals surface area (Å²) in [5.41, 5.74) is 5.91. The number of nitrogens with zero attached hydrogens (tertiary/aromatic N) is 1. The molecule has 7 heteroatoms. The molecule has 2 rings (SSSR count). The van der Waals surface area contributed by atoms with Gasteiger partial charge in [-0.3, -0.25) is 9.59 Å². The quantitative estimate of drug-likeness (QED) is 0.850. The fourth-order valence-corrected chi connectivity index (χ4v) is 2.39. The van der Waals surface area contributed by atoms with Gasteiger partial charge in [0.15, 0.2) is 0 Å². The lowest BCUT2D eigenvalue weighted by molar-refractivity contribution is -0.123. The zero-order chi connectivity index (χ0) is 15.6. The van der Waals surface area contributed by atoms with Crippen LogP contribution in [0, 0.1) is 5.92 Å². The SMILES string of the molecule is CCOC(=O)c1cc(N2CC(C(N)=O)CC2=O)ccc1Cl. The van der Waals surface area contributed by atoms with Crippen LogP contribution >= 0.6 is 11.6 Å². The number of rotatable bonds is 4. The van der Waals surface area contributed by atoms with Gasteiger partial charge in [0.2, 0.25) is 11.8 Å². The fraction of sp³-hybridized carbons (Fsp3) is 0.357. The Morgan fingerprint density at radius 3 is 2.76 bits per heavy atom. The molecule has 6 nitrogen and oxygen atoms in total. The highest BCUT2D eigenvalue weighted by atomic mass is 35.5. The Labute approximate surface area is 126 Å². The van der Waals surface area contributed by atoms with Crippen LogP contribution in [0.25, 0.3) is 0 Å². The minimum atomic E-state index is -0.553. The molecule has 0 aliphatic carbocycles. The van der Waals surface area contributed by atoms with Crippen LogP contribution in [0.5, 0.6) is 0 Å². The van der Waals surface area contributed by atoms with Gasteiger partial charge in [0.25, 0.3) is 0 Å². The van der Waals surface area contributed by atoms with Crippen LogP contribution in [-0.2, 0) is 14.3 Å². The van der Waals surface area contributed by atoms with Gasteiger partial charge in [0, 0.05) is 18.7 Å². The highest BCUT2D eigenvalue weighted by Gasteiger charge is 2.34. The van der Waals surface area contributed by atoms with Crippen molar-refractivity contribution >= 4 is 35.1 Å². The Kier molecular flexibility index (Phi) is 4.47. The molecular weight excluding hydrogens is 296 g/mol. The van der Waals surface area contributed by atoms with E-state index in [2.05, 4.69) is 0 Å². The van der Waals surface area contributed by atoms with E-state index in [4.69, 9.17) is 22.1 Å². The first-order valence-electron chi connectivity index (χ1n) is 6.50. The van der Waals surface area contributed by atoms with E-state index in [0.29, 0.717) is 5.69 Å². The summed E-state index contributed by atoms with van der Waals surface area (Å²) in [6.07, 6.45) is 0.0761. The maximum atomic E-state index is 12.0. The second-order valence-corrected chi connectivity index (χ2v) is 5.10. The number of carbonyl (C=O) groups is 3. The van der Waals surface area contributed by atoms with Gasteiger partial charge in [-0.1, -0.05) is 11.6 Å². The second-order valence-electron chi connectivity index (χ2n) is 4.69. The minimum Gasteiger partial charge on any atom is -0.462 e. The first-order chi connectivity index (χ1) is 9.93. The van der Waals surface area contributed by atoms with Gasteiger partial charge < -0.3 is 15.4 Å². The molecule has 1 aromatic rings. The molecular formula is C14H15ClN2O4. The molecule has 2 amide bonds. The van der Waals surface area contributed by atoms with E-state index in [9.17, 15) is 14.4 Å². The molecule has 1 saturated heterocycles. The number of primary amides is 1. The van der Waals surface area contributed by atoms with E-state index < -0.39 is 17.8 Å². The maximum absolute atomic E-state index is 12.0. The van der Waals surface area contributed by atoms with Gasteiger partial charge in [-0.05, 0) is 25.1 Å². The van der Waals surface area contributed by atoms with E-state index in [1.54, 1.807) is 13.0 Å². The van der Waals surface area contributed by atoms with Crippen molar-refractivity contribution in [2.45, 2.75) is 13.3 Å². The Hall–Kier alpha value is -2.08. The van der Waals surface area contributed by atoms with Crippen molar-refractivity contribution in [1.82, 2.24) is 0 Å². The van der Waals surface area contributed by atoms with Crippen molar-refractivity contribution in [3.63, 3.8) is 0 Å². The predicted molar refractivity (Wildman–Crippen MR) is 77.1 cm³/mol. The number of amides is 2. The number of nitrogens with two attached hydrogens (primary N) is 1. The third-order valence-electron chi connectivity index (χ3n) is 3.28. The number of hydrogen-bond acceptors (Lipinski definition) is 4. The zero-order valence-corrected chi connectivity index (χ0v) is 12.2. The summed E-state index contributed by atoms with van der Waals surface area (Å²) in [5, 5.41) is 0.246. The molecule has 1 aliphatic rings. The smallest absolute Gasteiger partial charge is 0.339 e. The molecule has 0 spiro atoms. The summed E-state index contributed by atoms with van der Waals surface area (Å²) in [5.74, 6) is -1.79. The van der Waals surface area contributed by atoms with E-state index in [-0.39, 0.29) is 36.1 Å². The van der Waals surface area contributed by atoms with Gasteiger partial charge in [-0.2, -0.15) is 0 Å². The minimum absolute atomic E-state index is 0.0761. The molecule has 0 aromatic heterocycles. The third kappa shape index (κ3) is 3.16. The van der Waals surface area contributed by atoms with Crippen molar-refractivity contribution in [1.29, 1.82) is 0 Å². The number of hydrogen-bond donors (Lipinski definition) is 1. The highest BCUT2D eigenvalue weighted by Crippen LogP contribution is 2.29. The first-order valence-corrected chi connectivity index (χ1v) is 6.88. The van der Waals surface area contributed by atoms with Crippen molar-refractivity contribution in [3.8, 4) is 0 Å². The fourth-order valence-electron chi connectivity index (χ4n) is 2.19. The van der Waals surface area contributed by atoms with Crippen LogP contribution in [0.4, 0.5) is 5.69 Å². The summed E-state index contributed by atoms with van der Waals surface area (Å²) in [6, 6.07) is 4.63. The molecule has 1 aromatic carbocycles. The topological polar surface area (TPSA) is 89.7 Å². The molecule has 2 N–H and O–H groups in total. The van der Waals surface area contributed by atoms with Crippen LogP contribution in [0.15, 0.2) is 18.2 Å². The Bertz CT molecular complexity index is 603. The molecule has 0 bridgehead atoms. The lowest BCUT2D eigenvalue weighted by atomic mass is 10.1. The molecule has 21 heavy (non-hydrogen) atoms. The van der Waals surface area contributed by atoms with Gasteiger partial charge in [-0.25, -0.2) is 4.79 Å². The number of esters is 1. The molecule has 1 fully saturated rings. The van der Waals surface area contributed by atoms with E-state index in [1.165, 1.54) is 17.0 Å². The van der Waals surface area contributed by atoms with Crippen LogP contribution in [0.1, 0.15) is 23.7 Å². The van der Waals surface area contributed by atoms with Gasteiger partial charge in [-0.15, -0.1) is 0 Å². The third-order valence-corrected chi connectivity index (χ3v) is 3.61. The summed E-state index contributed by atoms with van der Waals surface area (Å²) in [6.45, 7) is 2.13. The summed E-state index contributed by atoms with van der Waals surface area (Å²) >= 11 is 5.97. The van der Waals surface area contributed by atoms with Crippen molar-refractivity contribution in [3.05, 3.63) is 28.8 Å². The van der Waals surface area contributed by atoms with Crippen molar-refractivity contribution in [2.75, 3.05) is 18.1 Å². The molecule has 112 valence electrons. The van der Waals surface area contributed by atoms with E-state index in [1.807, 2.05) is 0 Å². The molecule has 1 heterocycles. The lowest BCUT2D eigenvalue weighted by Crippen LogP contribution is -2.28. The Balaban J connectivity index is 2.29. The van der Waals surface area contributed by atoms with Gasteiger partial charge >= 0.3 is 5.97 Å². The Morgan fingerprint density at radius 1 is 1.48 bits per heavy atom. The van der Waals surface area contributed by atoms with Crippen molar-refractivity contribution < 1.29 is 19.1 Å². The molecule has 1 unspecified atom stereocenters. The van der Waals surface area contributed by atoms with E-state index >= 15 is 0 Å². The molecule has 0 radical (unpaired) electrons. The van der Waals surface area contributed by atoms with Crippen LogP contribution in [0.2, 0.25) is 5.02 Å². The largest absolute Gasteiger partial charge is 0.462 e. The molecule has 0 saturated carbocycles. The average molecular weight is 311 g/mol. The Morgan fingerprint density at radius 2 is 2.19 bits per heavy atom. The van der Waals surface area contributed by atoms with Crippen LogP contribution in [0.3, 0.4) is 0 Å². The van der Waals surface area contributed by atoms with Crippen LogP contribution < -0.4 is 10.6 Å². The normalized spacial score (nSPS) is 17.9. The second kappa shape index (κ2) is 6.13. The number of halogens is 1. The standard InChI is InChI=1S/C14H15ClN2O4/c1-2-21-14(20)10-6-9(3-4-11(10)15)17-7-8(13(16)19)5-12(17)18/h3-4,6,8H,2,5,7H2,1H3,(H2,16,19). The van der Waals surface area contributed by atoms with Crippen molar-refractivity contribution in [2.24, 2.45) is 11.7 Å². The number of anilines is 1. The monoisotopic (exact) mass is 310 g/mol. The van der Waals surface area contributed by atoms with Crippen LogP contribution in [-0.4, -0.2) is 30.9 Å². The summed E-state index contributed by atoms with van der Waals surface area (Å²) in [7, 11) is 0. The maximum Gasteiger partial charge on any atom is 0.339 e. The van der Waals surface area contributed by atoms with E-state index in [0.717, 1.165) is 0 Å². The summed E-state index contributed by atoms with van der Waals surface area (Å²) < 4.78 is 4.91. The molecule has 1 atom stereocenters. The number of benzene rings is 1. The first kappa shape index (κ1) is 15.3. The average Bonchev–Trinajstić information content (AvgIpc) is 2.82. The number of ether oxygens (including phenoxy) is 1. The number of carbonyl (C=O) groups excluding carboxylic acids is 3.